The summed E-state index contributed by atoms with van der Waals surface area (Å²) in [5, 5.41) is 27.2. The van der Waals surface area contributed by atoms with Crippen LogP contribution in [0, 0.1) is 17.3 Å². The molecule has 2 amide bonds. The first kappa shape index (κ1) is 53.2. The molecular formula is C58H75N6O12+. The summed E-state index contributed by atoms with van der Waals surface area (Å²) in [5.41, 5.74) is -0.572. The van der Waals surface area contributed by atoms with Crippen LogP contribution in [-0.2, 0) is 60.4 Å². The molecule has 1 aliphatic carbocycles. The van der Waals surface area contributed by atoms with Crippen molar-refractivity contribution in [3.05, 3.63) is 82.6 Å². The second kappa shape index (κ2) is 19.3. The van der Waals surface area contributed by atoms with Gasteiger partial charge in [-0.25, -0.2) is 9.59 Å². The lowest BCUT2D eigenvalue weighted by Gasteiger charge is -2.63. The predicted octanol–water partition coefficient (Wildman–Crippen LogP) is 4.87. The van der Waals surface area contributed by atoms with Gasteiger partial charge >= 0.3 is 23.9 Å². The third kappa shape index (κ3) is 7.57. The zero-order valence-corrected chi connectivity index (χ0v) is 45.4. The van der Waals surface area contributed by atoms with Crippen LogP contribution in [0.25, 0.3) is 10.9 Å². The van der Waals surface area contributed by atoms with Gasteiger partial charge in [0.15, 0.2) is 12.6 Å². The van der Waals surface area contributed by atoms with Crippen molar-refractivity contribution in [2.45, 2.75) is 133 Å². The molecule has 7 heterocycles. The van der Waals surface area contributed by atoms with E-state index in [1.807, 2.05) is 68.3 Å². The number of likely N-dealkylation sites (tertiary alicyclic amines) is 1. The van der Waals surface area contributed by atoms with E-state index in [1.165, 1.54) is 21.1 Å². The second-order valence-electron chi connectivity index (χ2n) is 23.0. The number of quaternary nitrogens is 1. The molecule has 0 unspecified atom stereocenters. The fraction of sp³-hybridized carbons (Fsp3) is 0.586. The molecule has 1 saturated carbocycles. The summed E-state index contributed by atoms with van der Waals surface area (Å²) in [6, 6.07) is 8.62. The standard InChI is InChI=1S/C58H74N6O12/c1-10-33(4)46(49(68)69)60-48(67)42-19-15-23-63(42)45(66)32-64-29-35(11-2)25-36(30-64)28-57(53(70)74-8,47-38(31-64)37-17-13-14-18-41(37)59-47)40-26-39-43(27-44(40)73-7)61(6)51-56(39)21-24-62-22-16-20-55(12-3,50(56)62)52(76-34(5)65)58(51,72)54(71)75-9/h13-14,16-18,20,25-27,33,36,42,46,50-52,59,72H,10-12,15,19,21-24,28-32H2,1-9H3,(H-,60,67,68,69)/p+1/t33-,36-,42-,46-,50-,51+,52+,55+,56+,57-,58-,64+/m0/s1. The summed E-state index contributed by atoms with van der Waals surface area (Å²) in [7, 11) is 6.04. The molecule has 1 spiro atoms. The molecule has 12 atom stereocenters. The minimum absolute atomic E-state index is 0.0663. The van der Waals surface area contributed by atoms with E-state index in [0.717, 1.165) is 27.6 Å². The van der Waals surface area contributed by atoms with E-state index < -0.39 is 75.9 Å². The van der Waals surface area contributed by atoms with Crippen LogP contribution in [0.3, 0.4) is 0 Å². The molecule has 2 aromatic carbocycles. The molecule has 2 saturated heterocycles. The van der Waals surface area contributed by atoms with E-state index in [9.17, 15) is 29.4 Å². The zero-order chi connectivity index (χ0) is 54.4. The molecule has 10 rings (SSSR count). The third-order valence-corrected chi connectivity index (χ3v) is 19.2. The van der Waals surface area contributed by atoms with Crippen molar-refractivity contribution in [3.8, 4) is 5.75 Å². The van der Waals surface area contributed by atoms with Crippen LogP contribution in [0.15, 0.2) is 60.2 Å². The van der Waals surface area contributed by atoms with Gasteiger partial charge < -0.3 is 53.7 Å². The number of aliphatic carboxylic acids is 1. The Morgan fingerprint density at radius 2 is 1.72 bits per heavy atom. The number of methoxy groups -OCH3 is 3. The minimum Gasteiger partial charge on any atom is -0.496 e. The van der Waals surface area contributed by atoms with Crippen molar-refractivity contribution in [1.82, 2.24) is 20.1 Å². The fourth-order valence-electron chi connectivity index (χ4n) is 16.1. The van der Waals surface area contributed by atoms with Crippen molar-refractivity contribution in [3.63, 3.8) is 0 Å². The van der Waals surface area contributed by atoms with Gasteiger partial charge in [0, 0.05) is 89.3 Å². The van der Waals surface area contributed by atoms with E-state index in [0.29, 0.717) is 105 Å². The Labute approximate surface area is 444 Å². The maximum absolute atomic E-state index is 15.8. The van der Waals surface area contributed by atoms with Crippen LogP contribution in [0.2, 0.25) is 0 Å². The van der Waals surface area contributed by atoms with Gasteiger partial charge in [0.1, 0.15) is 36.3 Å². The number of H-pyrrole nitrogens is 1. The number of aromatic amines is 1. The Morgan fingerprint density at radius 3 is 2.39 bits per heavy atom. The van der Waals surface area contributed by atoms with E-state index >= 15 is 9.59 Å². The van der Waals surface area contributed by atoms with Crippen molar-refractivity contribution >= 4 is 52.3 Å². The molecular weight excluding hydrogens is 973 g/mol. The number of rotatable bonds is 14. The first-order chi connectivity index (χ1) is 36.3. The highest BCUT2D eigenvalue weighted by atomic mass is 16.6. The van der Waals surface area contributed by atoms with Gasteiger partial charge in [-0.2, -0.15) is 0 Å². The Morgan fingerprint density at radius 1 is 0.974 bits per heavy atom. The number of aliphatic hydroxyl groups is 1. The van der Waals surface area contributed by atoms with Crippen molar-refractivity contribution in [2.75, 3.05) is 72.5 Å². The number of carboxylic acids is 1. The van der Waals surface area contributed by atoms with Crippen LogP contribution >= 0.6 is 0 Å². The number of amides is 2. The van der Waals surface area contributed by atoms with E-state index in [-0.39, 0.29) is 36.8 Å². The number of carboxylic acid groups (broad SMARTS) is 1. The van der Waals surface area contributed by atoms with Gasteiger partial charge in [-0.1, -0.05) is 70.5 Å². The van der Waals surface area contributed by atoms with Gasteiger partial charge in [0.2, 0.25) is 11.5 Å². The highest BCUT2D eigenvalue weighted by Gasteiger charge is 2.80. The number of anilines is 1. The minimum atomic E-state index is -2.37. The van der Waals surface area contributed by atoms with Crippen molar-refractivity contribution in [2.24, 2.45) is 17.3 Å². The van der Waals surface area contributed by atoms with E-state index in [2.05, 4.69) is 34.3 Å². The molecule has 3 fully saturated rings. The largest absolute Gasteiger partial charge is 0.496 e. The van der Waals surface area contributed by atoms with Gasteiger partial charge in [-0.3, -0.25) is 24.1 Å². The van der Waals surface area contributed by atoms with Gasteiger partial charge in [-0.05, 0) is 74.3 Å². The number of fused-ring (bicyclic) bond motifs is 6. The first-order valence-corrected chi connectivity index (χ1v) is 27.2. The molecule has 0 radical (unpaired) electrons. The first-order valence-electron chi connectivity index (χ1n) is 27.2. The SMILES string of the molecule is CCC1=C[C@H]2C[C@](C(=O)OC)(c3cc4c(cc3OC)N(C)[C@H]3[C@@](O)(C(=O)OC)[C@H](OC(C)=O)[C@]5(CC)C=CCN6CC[C@]43[C@@H]65)c3[nH]c4ccccc4c3C[N@@+](CC(=O)N3CCC[C@H]3C(=O)N[C@H](C(=O)O)[C@@H](C)CC)(C1)C2. The Hall–Kier alpha value is -6.24. The van der Waals surface area contributed by atoms with Gasteiger partial charge in [-0.15, -0.1) is 0 Å². The summed E-state index contributed by atoms with van der Waals surface area (Å²) < 4.78 is 24.5. The quantitative estimate of drug-likeness (QED) is 0.0734. The van der Waals surface area contributed by atoms with Crippen LogP contribution in [0.4, 0.5) is 5.69 Å². The molecule has 76 heavy (non-hydrogen) atoms. The van der Waals surface area contributed by atoms with E-state index in [4.69, 9.17) is 18.9 Å². The number of carbonyl (C=O) groups excluding carboxylic acids is 5. The molecule has 6 aliphatic heterocycles. The second-order valence-corrected chi connectivity index (χ2v) is 23.0. The number of aromatic nitrogens is 1. The molecule has 408 valence electrons. The highest BCUT2D eigenvalue weighted by molar-refractivity contribution is 5.95. The van der Waals surface area contributed by atoms with Crippen LogP contribution in [0.5, 0.6) is 5.75 Å². The highest BCUT2D eigenvalue weighted by Crippen LogP contribution is 2.68. The molecule has 18 heteroatoms. The van der Waals surface area contributed by atoms with Gasteiger partial charge in [0.25, 0.3) is 5.91 Å². The van der Waals surface area contributed by atoms with Crippen LogP contribution < -0.4 is 15.0 Å². The number of ether oxygens (including phenoxy) is 4. The van der Waals surface area contributed by atoms with Crippen molar-refractivity contribution < 1.29 is 62.4 Å². The molecule has 2 bridgehead atoms. The monoisotopic (exact) mass is 1050 g/mol. The zero-order valence-electron chi connectivity index (χ0n) is 45.4. The number of para-hydroxylation sites is 1. The predicted molar refractivity (Wildman–Crippen MR) is 281 cm³/mol. The van der Waals surface area contributed by atoms with Gasteiger partial charge in [0.05, 0.1) is 33.9 Å². The summed E-state index contributed by atoms with van der Waals surface area (Å²) in [6.45, 7) is 12.1. The molecule has 7 aliphatic rings. The maximum atomic E-state index is 15.8. The average Bonchev–Trinajstić information content (AvgIpc) is 3.54. The Balaban J connectivity index is 1.16. The summed E-state index contributed by atoms with van der Waals surface area (Å²) in [5.74, 6) is -4.05. The summed E-state index contributed by atoms with van der Waals surface area (Å²) >= 11 is 0. The lowest BCUT2D eigenvalue weighted by Crippen LogP contribution is -2.81. The smallest absolute Gasteiger partial charge is 0.344 e. The van der Waals surface area contributed by atoms with Crippen LogP contribution in [0.1, 0.15) is 102 Å². The molecule has 18 nitrogen and oxygen atoms in total. The molecule has 1 aromatic heterocycles. The Bertz CT molecular complexity index is 2950. The number of hydrogen-bond donors (Lipinski definition) is 4. The molecule has 4 N–H and O–H groups in total. The number of hydrogen-bond acceptors (Lipinski definition) is 13. The number of nitrogens with zero attached hydrogens (tertiary/aromatic N) is 4. The van der Waals surface area contributed by atoms with E-state index in [1.54, 1.807) is 18.9 Å². The summed E-state index contributed by atoms with van der Waals surface area (Å²) in [6.07, 6.45) is 8.40. The third-order valence-electron chi connectivity index (χ3n) is 19.2. The number of carbonyl (C=O) groups is 6. The number of nitrogens with one attached hydrogen (secondary N) is 2. The lowest BCUT2D eigenvalue weighted by atomic mass is 9.47. The summed E-state index contributed by atoms with van der Waals surface area (Å²) in [4.78, 5) is 94.6. The maximum Gasteiger partial charge on any atom is 0.344 e. The number of benzene rings is 2. The topological polar surface area (TPSA) is 217 Å². The van der Waals surface area contributed by atoms with Crippen molar-refractivity contribution in [1.29, 1.82) is 0 Å². The molecule has 3 aromatic rings. The lowest BCUT2D eigenvalue weighted by molar-refractivity contribution is -0.934. The van der Waals surface area contributed by atoms with Crippen LogP contribution in [-0.4, -0.2) is 169 Å². The average molecular weight is 1050 g/mol. The fourth-order valence-corrected chi connectivity index (χ4v) is 16.1. The normalized spacial score (nSPS) is 32.9. The Kier molecular flexibility index (Phi) is 13.5. The number of likely N-dealkylation sites (N-methyl/N-ethyl adjacent to an activating group) is 1. The number of esters is 3.